The molecule has 1 fully saturated rings. The van der Waals surface area contributed by atoms with Crippen LogP contribution >= 0.6 is 11.3 Å². The average Bonchev–Trinajstić information content (AvgIpc) is 3.30. The molecule has 1 aliphatic heterocycles. The maximum Gasteiger partial charge on any atom is 0.291 e. The molecule has 0 radical (unpaired) electrons. The van der Waals surface area contributed by atoms with Crippen molar-refractivity contribution < 1.29 is 19.1 Å². The van der Waals surface area contributed by atoms with Crippen LogP contribution in [-0.4, -0.2) is 61.6 Å². The number of hydrogen-bond acceptors (Lipinski definition) is 6. The van der Waals surface area contributed by atoms with Crippen LogP contribution in [0.2, 0.25) is 0 Å². The Labute approximate surface area is 168 Å². The predicted molar refractivity (Wildman–Crippen MR) is 108 cm³/mol. The van der Waals surface area contributed by atoms with E-state index in [0.717, 1.165) is 18.5 Å². The number of benzene rings is 1. The molecule has 2 aromatic rings. The molecule has 0 spiro atoms. The Morgan fingerprint density at radius 2 is 1.89 bits per heavy atom. The van der Waals surface area contributed by atoms with Crippen LogP contribution in [0.5, 0.6) is 5.75 Å². The zero-order valence-corrected chi connectivity index (χ0v) is 17.1. The highest BCUT2D eigenvalue weighted by Crippen LogP contribution is 2.39. The summed E-state index contributed by atoms with van der Waals surface area (Å²) >= 11 is 1.29. The first kappa shape index (κ1) is 20.2. The summed E-state index contributed by atoms with van der Waals surface area (Å²) in [5.74, 6) is -1.82. The van der Waals surface area contributed by atoms with Gasteiger partial charge >= 0.3 is 0 Å². The van der Waals surface area contributed by atoms with E-state index >= 15 is 0 Å². The van der Waals surface area contributed by atoms with Crippen LogP contribution < -0.4 is 4.74 Å². The van der Waals surface area contributed by atoms with Gasteiger partial charge in [0.1, 0.15) is 11.7 Å². The lowest BCUT2D eigenvalue weighted by Crippen LogP contribution is -2.33. The number of rotatable bonds is 8. The van der Waals surface area contributed by atoms with E-state index in [1.807, 2.05) is 31.1 Å². The number of likely N-dealkylation sites (tertiary alicyclic amines) is 1. The number of amides is 1. The Morgan fingerprint density at radius 1 is 1.18 bits per heavy atom. The zero-order chi connectivity index (χ0) is 20.3. The molecule has 0 N–H and O–H groups in total. The maximum atomic E-state index is 13.1. The first-order chi connectivity index (χ1) is 13.4. The van der Waals surface area contributed by atoms with Gasteiger partial charge in [0.25, 0.3) is 5.91 Å². The van der Waals surface area contributed by atoms with E-state index in [1.54, 1.807) is 41.7 Å². The Kier molecular flexibility index (Phi) is 6.26. The molecule has 2 atom stereocenters. The van der Waals surface area contributed by atoms with E-state index in [-0.39, 0.29) is 5.78 Å². The lowest BCUT2D eigenvalue weighted by molar-refractivity contribution is -0.140. The van der Waals surface area contributed by atoms with E-state index in [1.165, 1.54) is 11.3 Å². The number of carbonyl (C=O) groups excluding carboxylic acids is 3. The van der Waals surface area contributed by atoms with Crippen LogP contribution in [0.25, 0.3) is 0 Å². The van der Waals surface area contributed by atoms with Gasteiger partial charge in [0.2, 0.25) is 5.78 Å². The van der Waals surface area contributed by atoms with Crippen LogP contribution in [-0.2, 0) is 9.59 Å². The lowest BCUT2D eigenvalue weighted by atomic mass is 9.88. The van der Waals surface area contributed by atoms with Gasteiger partial charge in [-0.15, -0.1) is 11.3 Å². The first-order valence-corrected chi connectivity index (χ1v) is 10.0. The quantitative estimate of drug-likeness (QED) is 0.387. The van der Waals surface area contributed by atoms with Crippen molar-refractivity contribution in [3.8, 4) is 5.75 Å². The van der Waals surface area contributed by atoms with Gasteiger partial charge in [-0.05, 0) is 56.2 Å². The molecule has 6 nitrogen and oxygen atoms in total. The van der Waals surface area contributed by atoms with Gasteiger partial charge in [-0.1, -0.05) is 18.2 Å². The standard InChI is InChI=1S/C21H24N2O4S/c1-22(2)11-5-12-23-18(14-7-9-15(27-3)10-8-14)17(20(25)21(23)26)19(24)16-6-4-13-28-16/h4,6-10,13,17-18H,5,11-12H2,1-3H3. The zero-order valence-electron chi connectivity index (χ0n) is 16.3. The number of hydrogen-bond donors (Lipinski definition) is 0. The fourth-order valence-corrected chi connectivity index (χ4v) is 4.23. The molecule has 0 bridgehead atoms. The number of ether oxygens (including phenoxy) is 1. The highest BCUT2D eigenvalue weighted by Gasteiger charge is 2.51. The second-order valence-corrected chi connectivity index (χ2v) is 8.00. The number of nitrogens with zero attached hydrogens (tertiary/aromatic N) is 2. The monoisotopic (exact) mass is 400 g/mol. The summed E-state index contributed by atoms with van der Waals surface area (Å²) in [7, 11) is 5.50. The molecule has 1 aromatic heterocycles. The molecular weight excluding hydrogens is 376 g/mol. The molecule has 148 valence electrons. The molecule has 1 aromatic carbocycles. The molecular formula is C21H24N2O4S. The number of methoxy groups -OCH3 is 1. The maximum absolute atomic E-state index is 13.1. The molecule has 3 rings (SSSR count). The summed E-state index contributed by atoms with van der Waals surface area (Å²) in [6, 6.07) is 10.1. The minimum absolute atomic E-state index is 0.288. The van der Waals surface area contributed by atoms with Crippen LogP contribution in [0.1, 0.15) is 27.7 Å². The third kappa shape index (κ3) is 4.00. The van der Waals surface area contributed by atoms with Crippen molar-refractivity contribution >= 4 is 28.8 Å². The van der Waals surface area contributed by atoms with Crippen molar-refractivity contribution in [2.75, 3.05) is 34.3 Å². The number of Topliss-reactive ketones (excluding diaryl/α,β-unsaturated/α-hetero) is 2. The van der Waals surface area contributed by atoms with E-state index in [9.17, 15) is 14.4 Å². The molecule has 0 saturated carbocycles. The van der Waals surface area contributed by atoms with Crippen molar-refractivity contribution in [3.05, 3.63) is 52.2 Å². The van der Waals surface area contributed by atoms with Crippen molar-refractivity contribution in [1.29, 1.82) is 0 Å². The van der Waals surface area contributed by atoms with Gasteiger partial charge in [0, 0.05) is 6.54 Å². The SMILES string of the molecule is COc1ccc(C2C(C(=O)c3cccs3)C(=O)C(=O)N2CCCN(C)C)cc1. The summed E-state index contributed by atoms with van der Waals surface area (Å²) in [4.78, 5) is 42.7. The fourth-order valence-electron chi connectivity index (χ4n) is 3.53. The Balaban J connectivity index is 1.96. The highest BCUT2D eigenvalue weighted by atomic mass is 32.1. The van der Waals surface area contributed by atoms with E-state index in [0.29, 0.717) is 17.2 Å². The minimum atomic E-state index is -1.01. The summed E-state index contributed by atoms with van der Waals surface area (Å²) in [6.07, 6.45) is 0.721. The summed E-state index contributed by atoms with van der Waals surface area (Å²) < 4.78 is 5.21. The fraction of sp³-hybridized carbons (Fsp3) is 0.381. The Bertz CT molecular complexity index is 846. The van der Waals surface area contributed by atoms with Crippen LogP contribution in [0.15, 0.2) is 41.8 Å². The van der Waals surface area contributed by atoms with Crippen LogP contribution in [0.3, 0.4) is 0 Å². The molecule has 2 heterocycles. The third-order valence-corrected chi connectivity index (χ3v) is 5.80. The molecule has 1 amide bonds. The normalized spacial score (nSPS) is 19.5. The Hall–Kier alpha value is -2.51. The minimum Gasteiger partial charge on any atom is -0.497 e. The average molecular weight is 401 g/mol. The summed E-state index contributed by atoms with van der Waals surface area (Å²) in [5, 5.41) is 1.80. The van der Waals surface area contributed by atoms with Crippen molar-refractivity contribution in [1.82, 2.24) is 9.80 Å². The largest absolute Gasteiger partial charge is 0.497 e. The first-order valence-electron chi connectivity index (χ1n) is 9.15. The van der Waals surface area contributed by atoms with Crippen LogP contribution in [0.4, 0.5) is 0 Å². The van der Waals surface area contributed by atoms with Crippen molar-refractivity contribution in [2.45, 2.75) is 12.5 Å². The van der Waals surface area contributed by atoms with Gasteiger partial charge in [-0.25, -0.2) is 0 Å². The molecule has 1 aliphatic rings. The lowest BCUT2D eigenvalue weighted by Gasteiger charge is -2.27. The summed E-state index contributed by atoms with van der Waals surface area (Å²) in [6.45, 7) is 1.21. The molecule has 2 unspecified atom stereocenters. The molecule has 28 heavy (non-hydrogen) atoms. The highest BCUT2D eigenvalue weighted by molar-refractivity contribution is 7.12. The predicted octanol–water partition coefficient (Wildman–Crippen LogP) is 2.66. The van der Waals surface area contributed by atoms with Gasteiger partial charge in [-0.2, -0.15) is 0 Å². The topological polar surface area (TPSA) is 66.9 Å². The van der Waals surface area contributed by atoms with E-state index < -0.39 is 23.7 Å². The van der Waals surface area contributed by atoms with Crippen molar-refractivity contribution in [2.24, 2.45) is 5.92 Å². The van der Waals surface area contributed by atoms with E-state index in [2.05, 4.69) is 0 Å². The van der Waals surface area contributed by atoms with Gasteiger partial charge in [-0.3, -0.25) is 14.4 Å². The molecule has 7 heteroatoms. The number of ketones is 2. The third-order valence-electron chi connectivity index (χ3n) is 4.91. The molecule has 0 aliphatic carbocycles. The summed E-state index contributed by atoms with van der Waals surface area (Å²) in [5.41, 5.74) is 0.764. The van der Waals surface area contributed by atoms with Crippen molar-refractivity contribution in [3.63, 3.8) is 0 Å². The van der Waals surface area contributed by atoms with E-state index in [4.69, 9.17) is 4.74 Å². The smallest absolute Gasteiger partial charge is 0.291 e. The van der Waals surface area contributed by atoms with Gasteiger partial charge in [0.05, 0.1) is 18.0 Å². The molecule has 1 saturated heterocycles. The van der Waals surface area contributed by atoms with Gasteiger partial charge < -0.3 is 14.5 Å². The van der Waals surface area contributed by atoms with Crippen LogP contribution in [0, 0.1) is 5.92 Å². The number of thiophene rings is 1. The van der Waals surface area contributed by atoms with Gasteiger partial charge in [0.15, 0.2) is 5.78 Å². The second kappa shape index (κ2) is 8.67. The number of carbonyl (C=O) groups is 3. The second-order valence-electron chi connectivity index (χ2n) is 7.06. The Morgan fingerprint density at radius 3 is 2.46 bits per heavy atom.